The minimum atomic E-state index is -0.0163. The van der Waals surface area contributed by atoms with E-state index in [1.807, 2.05) is 30.3 Å². The lowest BCUT2D eigenvalue weighted by molar-refractivity contribution is 0.269. The molecule has 0 fully saturated rings. The number of halogens is 1. The topological polar surface area (TPSA) is 45.4 Å². The SMILES string of the molecule is CC1Cc2c(O)ccc3c2c(c(CO)n3Cc2ccc(Cl)cc2)S1. The van der Waals surface area contributed by atoms with Gasteiger partial charge in [-0.1, -0.05) is 30.7 Å². The quantitative estimate of drug-likeness (QED) is 0.719. The largest absolute Gasteiger partial charge is 0.508 e. The number of aromatic nitrogens is 1. The van der Waals surface area contributed by atoms with Crippen molar-refractivity contribution in [3.05, 3.63) is 58.2 Å². The van der Waals surface area contributed by atoms with Gasteiger partial charge in [0.05, 0.1) is 17.8 Å². The second kappa shape index (κ2) is 6.03. The highest BCUT2D eigenvalue weighted by Gasteiger charge is 2.27. The highest BCUT2D eigenvalue weighted by molar-refractivity contribution is 8.00. The number of hydrogen-bond acceptors (Lipinski definition) is 3. The highest BCUT2D eigenvalue weighted by Crippen LogP contribution is 2.46. The summed E-state index contributed by atoms with van der Waals surface area (Å²) in [6.07, 6.45) is 0.844. The molecule has 24 heavy (non-hydrogen) atoms. The maximum Gasteiger partial charge on any atom is 0.119 e. The second-order valence-corrected chi connectivity index (χ2v) is 8.12. The fourth-order valence-corrected chi connectivity index (χ4v) is 4.92. The smallest absolute Gasteiger partial charge is 0.119 e. The first kappa shape index (κ1) is 15.9. The Morgan fingerprint density at radius 2 is 1.96 bits per heavy atom. The standard InChI is InChI=1S/C19H18ClNO2S/c1-11-8-14-17(23)7-6-15-18(14)19(24-11)16(10-22)21(15)9-12-2-4-13(20)5-3-12/h2-7,11,22-23H,8-10H2,1H3. The summed E-state index contributed by atoms with van der Waals surface area (Å²) in [5.74, 6) is 0.351. The van der Waals surface area contributed by atoms with Crippen LogP contribution >= 0.6 is 23.4 Å². The summed E-state index contributed by atoms with van der Waals surface area (Å²) < 4.78 is 2.15. The van der Waals surface area contributed by atoms with E-state index in [-0.39, 0.29) is 6.61 Å². The van der Waals surface area contributed by atoms with Crippen molar-refractivity contribution in [2.24, 2.45) is 0 Å². The average molecular weight is 360 g/mol. The molecule has 2 N–H and O–H groups in total. The zero-order valence-corrected chi connectivity index (χ0v) is 14.9. The molecule has 3 nitrogen and oxygen atoms in total. The number of nitrogens with zero attached hydrogens (tertiary/aromatic N) is 1. The molecule has 1 unspecified atom stereocenters. The van der Waals surface area contributed by atoms with Crippen LogP contribution in [0.2, 0.25) is 5.02 Å². The summed E-state index contributed by atoms with van der Waals surface area (Å²) in [6.45, 7) is 2.81. The van der Waals surface area contributed by atoms with Gasteiger partial charge in [0.1, 0.15) is 5.75 Å². The van der Waals surface area contributed by atoms with E-state index in [4.69, 9.17) is 11.6 Å². The van der Waals surface area contributed by atoms with Crippen molar-refractivity contribution in [2.45, 2.75) is 36.6 Å². The molecule has 0 amide bonds. The van der Waals surface area contributed by atoms with E-state index in [1.54, 1.807) is 17.8 Å². The van der Waals surface area contributed by atoms with Crippen LogP contribution in [0, 0.1) is 0 Å². The van der Waals surface area contributed by atoms with Crippen LogP contribution in [0.1, 0.15) is 23.7 Å². The molecule has 0 aliphatic carbocycles. The molecule has 0 spiro atoms. The van der Waals surface area contributed by atoms with Crippen molar-refractivity contribution in [3.63, 3.8) is 0 Å². The molecule has 0 saturated carbocycles. The third-order valence-corrected chi connectivity index (χ3v) is 6.08. The molecule has 1 aliphatic heterocycles. The molecule has 0 bridgehead atoms. The summed E-state index contributed by atoms with van der Waals surface area (Å²) in [5, 5.41) is 22.5. The minimum absolute atomic E-state index is 0.0163. The van der Waals surface area contributed by atoms with Gasteiger partial charge in [-0.15, -0.1) is 11.8 Å². The van der Waals surface area contributed by atoms with Crippen LogP contribution in [-0.4, -0.2) is 20.0 Å². The van der Waals surface area contributed by atoms with E-state index >= 15 is 0 Å². The number of aromatic hydroxyl groups is 1. The Kier molecular flexibility index (Phi) is 3.99. The van der Waals surface area contributed by atoms with Crippen molar-refractivity contribution in [2.75, 3.05) is 0 Å². The Hall–Kier alpha value is -1.62. The van der Waals surface area contributed by atoms with Gasteiger partial charge in [-0.3, -0.25) is 0 Å². The molecule has 124 valence electrons. The molecule has 1 atom stereocenters. The third-order valence-electron chi connectivity index (χ3n) is 4.59. The zero-order chi connectivity index (χ0) is 16.8. The van der Waals surface area contributed by atoms with Gasteiger partial charge >= 0.3 is 0 Å². The van der Waals surface area contributed by atoms with Crippen molar-refractivity contribution < 1.29 is 10.2 Å². The van der Waals surface area contributed by atoms with Crippen LogP contribution in [0.25, 0.3) is 10.9 Å². The highest BCUT2D eigenvalue weighted by atomic mass is 35.5. The Morgan fingerprint density at radius 3 is 2.67 bits per heavy atom. The molecule has 0 radical (unpaired) electrons. The van der Waals surface area contributed by atoms with E-state index < -0.39 is 0 Å². The first-order chi connectivity index (χ1) is 11.6. The van der Waals surface area contributed by atoms with Gasteiger partial charge in [0.15, 0.2) is 0 Å². The first-order valence-electron chi connectivity index (χ1n) is 7.96. The van der Waals surface area contributed by atoms with Crippen molar-refractivity contribution >= 4 is 34.3 Å². The third kappa shape index (κ3) is 2.50. The predicted molar refractivity (Wildman–Crippen MR) is 99.1 cm³/mol. The molecular formula is C19H18ClNO2S. The van der Waals surface area contributed by atoms with Gasteiger partial charge in [0, 0.05) is 32.7 Å². The van der Waals surface area contributed by atoms with Crippen molar-refractivity contribution in [3.8, 4) is 5.75 Å². The first-order valence-corrected chi connectivity index (χ1v) is 9.22. The minimum Gasteiger partial charge on any atom is -0.508 e. The molecule has 4 rings (SSSR count). The van der Waals surface area contributed by atoms with Crippen LogP contribution in [0.3, 0.4) is 0 Å². The number of phenolic OH excluding ortho intramolecular Hbond substituents is 1. The fraction of sp³-hybridized carbons (Fsp3) is 0.263. The number of thioether (sulfide) groups is 1. The number of phenols is 1. The number of benzene rings is 2. The zero-order valence-electron chi connectivity index (χ0n) is 13.3. The molecule has 2 aromatic carbocycles. The van der Waals surface area contributed by atoms with Gasteiger partial charge in [-0.05, 0) is 36.2 Å². The predicted octanol–water partition coefficient (Wildman–Crippen LogP) is 4.58. The van der Waals surface area contributed by atoms with E-state index in [1.165, 1.54) is 0 Å². The van der Waals surface area contributed by atoms with Crippen LogP contribution in [0.5, 0.6) is 5.75 Å². The maximum absolute atomic E-state index is 10.3. The van der Waals surface area contributed by atoms with Crippen molar-refractivity contribution in [1.82, 2.24) is 4.57 Å². The van der Waals surface area contributed by atoms with Crippen LogP contribution in [0.15, 0.2) is 41.3 Å². The van der Waals surface area contributed by atoms with Gasteiger partial charge in [-0.2, -0.15) is 0 Å². The lowest BCUT2D eigenvalue weighted by Crippen LogP contribution is -2.07. The maximum atomic E-state index is 10.3. The second-order valence-electron chi connectivity index (χ2n) is 6.24. The Morgan fingerprint density at radius 1 is 1.21 bits per heavy atom. The molecule has 0 saturated heterocycles. The normalized spacial score (nSPS) is 16.7. The Bertz CT molecular complexity index is 918. The molecule has 2 heterocycles. The Balaban J connectivity index is 1.93. The summed E-state index contributed by atoms with van der Waals surface area (Å²) >= 11 is 7.76. The van der Waals surface area contributed by atoms with Crippen LogP contribution in [0.4, 0.5) is 0 Å². The van der Waals surface area contributed by atoms with E-state index in [9.17, 15) is 10.2 Å². The molecule has 1 aliphatic rings. The lowest BCUT2D eigenvalue weighted by atomic mass is 10.0. The van der Waals surface area contributed by atoms with Crippen molar-refractivity contribution in [1.29, 1.82) is 0 Å². The lowest BCUT2D eigenvalue weighted by Gasteiger charge is -2.19. The number of aliphatic hydroxyl groups is 1. The number of aliphatic hydroxyl groups excluding tert-OH is 1. The summed E-state index contributed by atoms with van der Waals surface area (Å²) in [7, 11) is 0. The van der Waals surface area contributed by atoms with Gasteiger partial charge in [0.2, 0.25) is 0 Å². The molecular weight excluding hydrogens is 342 g/mol. The van der Waals surface area contributed by atoms with E-state index in [0.717, 1.165) is 39.0 Å². The van der Waals surface area contributed by atoms with Gasteiger partial charge in [0.25, 0.3) is 0 Å². The van der Waals surface area contributed by atoms with Crippen LogP contribution < -0.4 is 0 Å². The molecule has 1 aromatic heterocycles. The van der Waals surface area contributed by atoms with Gasteiger partial charge < -0.3 is 14.8 Å². The monoisotopic (exact) mass is 359 g/mol. The Labute approximate surface area is 149 Å². The number of hydrogen-bond donors (Lipinski definition) is 2. The van der Waals surface area contributed by atoms with Gasteiger partial charge in [-0.25, -0.2) is 0 Å². The summed E-state index contributed by atoms with van der Waals surface area (Å²) in [6, 6.07) is 11.5. The van der Waals surface area contributed by atoms with E-state index in [2.05, 4.69) is 11.5 Å². The number of rotatable bonds is 3. The summed E-state index contributed by atoms with van der Waals surface area (Å²) in [4.78, 5) is 1.10. The fourth-order valence-electron chi connectivity index (χ4n) is 3.49. The average Bonchev–Trinajstić information content (AvgIpc) is 2.86. The molecule has 3 aromatic rings. The van der Waals surface area contributed by atoms with Crippen LogP contribution in [-0.2, 0) is 19.6 Å². The molecule has 5 heteroatoms. The summed E-state index contributed by atoms with van der Waals surface area (Å²) in [5.41, 5.74) is 4.11. The van der Waals surface area contributed by atoms with E-state index in [0.29, 0.717) is 22.6 Å².